The summed E-state index contributed by atoms with van der Waals surface area (Å²) in [6, 6.07) is 13.4. The molecule has 11 heteroatoms. The lowest BCUT2D eigenvalue weighted by Crippen LogP contribution is -2.19. The molecule has 0 spiro atoms. The number of hydrogen-bond acceptors (Lipinski definition) is 7. The number of anilines is 5. The van der Waals surface area contributed by atoms with Crippen molar-refractivity contribution in [1.82, 2.24) is 14.7 Å². The number of sulfonamides is 1. The number of rotatable bonds is 7. The average molecular weight is 447 g/mol. The Labute approximate surface area is 179 Å². The van der Waals surface area contributed by atoms with Gasteiger partial charge in [0.15, 0.2) is 5.82 Å². The number of carbonyl (C=O) groups excluding carboxylic acids is 1. The zero-order valence-electron chi connectivity index (χ0n) is 16.1. The lowest BCUT2D eigenvalue weighted by Gasteiger charge is -2.13. The molecule has 0 saturated heterocycles. The maximum atomic E-state index is 12.3. The Morgan fingerprint density at radius 2 is 1.77 bits per heavy atom. The molecule has 9 nitrogen and oxygen atoms in total. The third-order valence-electron chi connectivity index (χ3n) is 3.88. The molecule has 0 saturated carbocycles. The minimum atomic E-state index is -3.68. The van der Waals surface area contributed by atoms with Crippen molar-refractivity contribution >= 4 is 56.4 Å². The number of benzene rings is 2. The molecule has 0 radical (unpaired) electrons. The van der Waals surface area contributed by atoms with Crippen molar-refractivity contribution in [3.63, 3.8) is 0 Å². The fourth-order valence-electron chi connectivity index (χ4n) is 2.56. The maximum absolute atomic E-state index is 12.3. The second-order valence-electron chi connectivity index (χ2n) is 6.11. The van der Waals surface area contributed by atoms with E-state index >= 15 is 0 Å². The minimum absolute atomic E-state index is 0.0553. The van der Waals surface area contributed by atoms with E-state index in [4.69, 9.17) is 11.6 Å². The third kappa shape index (κ3) is 5.23. The Morgan fingerprint density at radius 1 is 1.03 bits per heavy atom. The van der Waals surface area contributed by atoms with E-state index in [1.54, 1.807) is 42.5 Å². The molecule has 1 heterocycles. The molecule has 0 fully saturated rings. The van der Waals surface area contributed by atoms with Gasteiger partial charge in [-0.2, -0.15) is 4.98 Å². The summed E-state index contributed by atoms with van der Waals surface area (Å²) in [7, 11) is -2.35. The van der Waals surface area contributed by atoms with Crippen LogP contribution in [0.2, 0.25) is 5.02 Å². The molecule has 3 aromatic rings. The number of nitrogens with zero attached hydrogens (tertiary/aromatic N) is 2. The second-order valence-corrected chi connectivity index (χ2v) is 8.37. The lowest BCUT2D eigenvalue weighted by atomic mass is 10.2. The second kappa shape index (κ2) is 9.08. The Kier molecular flexibility index (Phi) is 6.50. The van der Waals surface area contributed by atoms with Gasteiger partial charge in [0.25, 0.3) is 0 Å². The van der Waals surface area contributed by atoms with Gasteiger partial charge in [0.05, 0.1) is 11.9 Å². The molecule has 0 aliphatic heterocycles. The third-order valence-corrected chi connectivity index (χ3v) is 5.63. The van der Waals surface area contributed by atoms with Crippen molar-refractivity contribution in [3.8, 4) is 0 Å². The van der Waals surface area contributed by atoms with Gasteiger partial charge in [-0.25, -0.2) is 18.1 Å². The Bertz CT molecular complexity index is 1190. The topological polar surface area (TPSA) is 125 Å². The van der Waals surface area contributed by atoms with Gasteiger partial charge < -0.3 is 16.0 Å². The molecule has 2 aromatic carbocycles. The summed E-state index contributed by atoms with van der Waals surface area (Å²) in [4.78, 5) is 19.8. The highest BCUT2D eigenvalue weighted by Crippen LogP contribution is 2.29. The molecule has 0 bridgehead atoms. The van der Waals surface area contributed by atoms with Crippen molar-refractivity contribution in [2.75, 3.05) is 23.0 Å². The van der Waals surface area contributed by atoms with Crippen LogP contribution in [0.25, 0.3) is 0 Å². The quantitative estimate of drug-likeness (QED) is 0.437. The lowest BCUT2D eigenvalue weighted by molar-refractivity contribution is -0.114. The van der Waals surface area contributed by atoms with Crippen LogP contribution in [0.15, 0.2) is 59.6 Å². The van der Waals surface area contributed by atoms with Crippen molar-refractivity contribution in [2.24, 2.45) is 0 Å². The summed E-state index contributed by atoms with van der Waals surface area (Å²) in [6.07, 6.45) is 1.39. The number of hydrogen-bond donors (Lipinski definition) is 4. The molecular formula is C19H19ClN6O3S. The first-order valence-electron chi connectivity index (χ1n) is 8.75. The van der Waals surface area contributed by atoms with Gasteiger partial charge in [-0.3, -0.25) is 4.79 Å². The summed E-state index contributed by atoms with van der Waals surface area (Å²) in [6.45, 7) is 1.42. The molecule has 4 N–H and O–H groups in total. The Hall–Kier alpha value is -3.21. The fourth-order valence-corrected chi connectivity index (χ4v) is 3.59. The van der Waals surface area contributed by atoms with Crippen molar-refractivity contribution < 1.29 is 13.2 Å². The minimum Gasteiger partial charge on any atom is -0.338 e. The number of carbonyl (C=O) groups is 1. The van der Waals surface area contributed by atoms with Gasteiger partial charge in [-0.1, -0.05) is 29.8 Å². The first kappa shape index (κ1) is 21.5. The molecule has 156 valence electrons. The van der Waals surface area contributed by atoms with E-state index in [9.17, 15) is 13.2 Å². The molecule has 30 heavy (non-hydrogen) atoms. The van der Waals surface area contributed by atoms with Crippen LogP contribution in [0, 0.1) is 0 Å². The molecular weight excluding hydrogens is 428 g/mol. The fraction of sp³-hybridized carbons (Fsp3) is 0.105. The predicted molar refractivity (Wildman–Crippen MR) is 117 cm³/mol. The highest BCUT2D eigenvalue weighted by atomic mass is 35.5. The van der Waals surface area contributed by atoms with Gasteiger partial charge in [0, 0.05) is 18.3 Å². The SMILES string of the molecule is CNS(=O)(=O)c1ccccc1Nc1nc(Nc2cccc(NC(C)=O)c2)ncc1Cl. The Morgan fingerprint density at radius 3 is 2.50 bits per heavy atom. The first-order chi connectivity index (χ1) is 14.3. The summed E-state index contributed by atoms with van der Waals surface area (Å²) in [5.74, 6) is 0.276. The number of para-hydroxylation sites is 1. The number of amides is 1. The van der Waals surface area contributed by atoms with E-state index in [0.29, 0.717) is 17.1 Å². The van der Waals surface area contributed by atoms with Gasteiger partial charge in [0.2, 0.25) is 21.9 Å². The predicted octanol–water partition coefficient (Wildman–Crippen LogP) is 3.48. The molecule has 0 atom stereocenters. The summed E-state index contributed by atoms with van der Waals surface area (Å²) >= 11 is 6.20. The average Bonchev–Trinajstić information content (AvgIpc) is 2.70. The van der Waals surface area contributed by atoms with Crippen LogP contribution in [0.5, 0.6) is 0 Å². The maximum Gasteiger partial charge on any atom is 0.242 e. The largest absolute Gasteiger partial charge is 0.338 e. The number of aromatic nitrogens is 2. The number of nitrogens with one attached hydrogen (secondary N) is 4. The molecule has 0 aliphatic rings. The van der Waals surface area contributed by atoms with E-state index in [0.717, 1.165) is 0 Å². The first-order valence-corrected chi connectivity index (χ1v) is 10.6. The van der Waals surface area contributed by atoms with Gasteiger partial charge in [-0.15, -0.1) is 0 Å². The van der Waals surface area contributed by atoms with Gasteiger partial charge in [0.1, 0.15) is 9.92 Å². The molecule has 1 amide bonds. The van der Waals surface area contributed by atoms with Crippen molar-refractivity contribution in [1.29, 1.82) is 0 Å². The van der Waals surface area contributed by atoms with Crippen LogP contribution in [0.4, 0.5) is 28.8 Å². The summed E-state index contributed by atoms with van der Waals surface area (Å²) < 4.78 is 26.8. The van der Waals surface area contributed by atoms with E-state index in [1.807, 2.05) is 0 Å². The van der Waals surface area contributed by atoms with Crippen LogP contribution < -0.4 is 20.7 Å². The van der Waals surface area contributed by atoms with E-state index in [1.165, 1.54) is 26.2 Å². The standard InChI is InChI=1S/C19H19ClN6O3S/c1-12(27)23-13-6-5-7-14(10-13)24-19-22-11-15(20)18(26-19)25-16-8-3-4-9-17(16)30(28,29)21-2/h3-11,21H,1-2H3,(H,23,27)(H2,22,24,25,26). The highest BCUT2D eigenvalue weighted by molar-refractivity contribution is 7.89. The molecule has 3 rings (SSSR count). The van der Waals surface area contributed by atoms with Crippen LogP contribution >= 0.6 is 11.6 Å². The molecule has 0 unspecified atom stereocenters. The monoisotopic (exact) mass is 446 g/mol. The zero-order valence-corrected chi connectivity index (χ0v) is 17.7. The van der Waals surface area contributed by atoms with Crippen LogP contribution in [0.1, 0.15) is 6.92 Å². The van der Waals surface area contributed by atoms with E-state index in [-0.39, 0.29) is 27.6 Å². The highest BCUT2D eigenvalue weighted by Gasteiger charge is 2.17. The molecule has 1 aromatic heterocycles. The summed E-state index contributed by atoms with van der Waals surface area (Å²) in [5, 5.41) is 8.88. The smallest absolute Gasteiger partial charge is 0.242 e. The normalized spacial score (nSPS) is 11.0. The van der Waals surface area contributed by atoms with Gasteiger partial charge >= 0.3 is 0 Å². The van der Waals surface area contributed by atoms with Crippen LogP contribution in [0.3, 0.4) is 0 Å². The number of halogens is 1. The van der Waals surface area contributed by atoms with Crippen molar-refractivity contribution in [3.05, 3.63) is 59.8 Å². The summed E-state index contributed by atoms with van der Waals surface area (Å²) in [5.41, 5.74) is 1.57. The van der Waals surface area contributed by atoms with Crippen LogP contribution in [-0.2, 0) is 14.8 Å². The zero-order chi connectivity index (χ0) is 21.7. The van der Waals surface area contributed by atoms with E-state index < -0.39 is 10.0 Å². The molecule has 0 aliphatic carbocycles. The van der Waals surface area contributed by atoms with Crippen molar-refractivity contribution in [2.45, 2.75) is 11.8 Å². The van der Waals surface area contributed by atoms with E-state index in [2.05, 4.69) is 30.6 Å². The van der Waals surface area contributed by atoms with Gasteiger partial charge in [-0.05, 0) is 37.4 Å². The van der Waals surface area contributed by atoms with Crippen LogP contribution in [-0.4, -0.2) is 31.3 Å². The Balaban J connectivity index is 1.88.